The molecule has 4 atom stereocenters. The van der Waals surface area contributed by atoms with E-state index in [1.165, 1.54) is 4.90 Å². The van der Waals surface area contributed by atoms with E-state index in [1.807, 2.05) is 12.1 Å². The molecule has 4 aliphatic heterocycles. The summed E-state index contributed by atoms with van der Waals surface area (Å²) in [7, 11) is 1.62. The summed E-state index contributed by atoms with van der Waals surface area (Å²) in [4.78, 5) is 30.7. The molecular weight excluding hydrogens is 432 g/mol. The number of nitrogens with zero attached hydrogens (tertiary/aromatic N) is 4. The number of carbonyl (C=O) groups is 2. The van der Waals surface area contributed by atoms with E-state index in [9.17, 15) is 14.9 Å². The fourth-order valence-electron chi connectivity index (χ4n) is 5.38. The molecule has 0 bridgehead atoms. The molecule has 1 unspecified atom stereocenters. The van der Waals surface area contributed by atoms with Crippen molar-refractivity contribution in [2.45, 2.75) is 30.3 Å². The van der Waals surface area contributed by atoms with Gasteiger partial charge in [-0.3, -0.25) is 14.5 Å². The summed E-state index contributed by atoms with van der Waals surface area (Å²) in [6.07, 6.45) is 0.137. The zero-order valence-electron chi connectivity index (χ0n) is 18.1. The van der Waals surface area contributed by atoms with Gasteiger partial charge in [0.1, 0.15) is 6.04 Å². The normalized spacial score (nSPS) is 34.6. The van der Waals surface area contributed by atoms with Gasteiger partial charge in [-0.05, 0) is 24.6 Å². The highest BCUT2D eigenvalue weighted by molar-refractivity contribution is 7.82. The van der Waals surface area contributed by atoms with Gasteiger partial charge in [0.05, 0.1) is 30.7 Å². The number of morpholine rings is 1. The van der Waals surface area contributed by atoms with Crippen LogP contribution in [0.4, 0.5) is 0 Å². The second-order valence-corrected chi connectivity index (χ2v) is 9.71. The Balaban J connectivity index is 1.65. The number of benzene rings is 1. The molecule has 0 aliphatic carbocycles. The number of likely N-dealkylation sites (N-methyl/N-ethyl adjacent to an activating group) is 1. The molecule has 1 aromatic carbocycles. The molecular formula is C22H26N4O5S. The van der Waals surface area contributed by atoms with Crippen molar-refractivity contribution < 1.29 is 23.8 Å². The van der Waals surface area contributed by atoms with Gasteiger partial charge in [0.25, 0.3) is 5.91 Å². The quantitative estimate of drug-likeness (QED) is 0.676. The Labute approximate surface area is 192 Å². The zero-order chi connectivity index (χ0) is 22.7. The van der Waals surface area contributed by atoms with E-state index in [4.69, 9.17) is 26.8 Å². The maximum absolute atomic E-state index is 13.6. The van der Waals surface area contributed by atoms with Gasteiger partial charge in [0.2, 0.25) is 12.7 Å². The number of amides is 2. The van der Waals surface area contributed by atoms with E-state index in [-0.39, 0.29) is 25.0 Å². The fraction of sp³-hybridized carbons (Fsp3) is 0.591. The van der Waals surface area contributed by atoms with Gasteiger partial charge in [0, 0.05) is 33.1 Å². The third-order valence-electron chi connectivity index (χ3n) is 7.13. The van der Waals surface area contributed by atoms with Gasteiger partial charge >= 0.3 is 0 Å². The number of piperazine rings is 1. The molecule has 0 radical (unpaired) electrons. The average Bonchev–Trinajstić information content (AvgIpc) is 3.37. The highest BCUT2D eigenvalue weighted by Crippen LogP contribution is 2.59. The summed E-state index contributed by atoms with van der Waals surface area (Å²) < 4.78 is 16.5. The maximum atomic E-state index is 13.6. The lowest BCUT2D eigenvalue weighted by molar-refractivity contribution is -0.161. The molecule has 3 saturated heterocycles. The Hall–Kier alpha value is -2.48. The Kier molecular flexibility index (Phi) is 5.04. The van der Waals surface area contributed by atoms with Gasteiger partial charge in [-0.25, -0.2) is 0 Å². The fourth-order valence-corrected chi connectivity index (χ4v) is 6.04. The van der Waals surface area contributed by atoms with Crippen molar-refractivity contribution in [3.63, 3.8) is 0 Å². The monoisotopic (exact) mass is 458 g/mol. The number of fused-ring (bicyclic) bond motifs is 2. The molecule has 170 valence electrons. The van der Waals surface area contributed by atoms with Crippen LogP contribution < -0.4 is 9.47 Å². The summed E-state index contributed by atoms with van der Waals surface area (Å²) in [6.45, 7) is 4.79. The lowest BCUT2D eigenvalue weighted by atomic mass is 9.76. The number of rotatable bonds is 3. The highest BCUT2D eigenvalue weighted by atomic mass is 32.1. The summed E-state index contributed by atoms with van der Waals surface area (Å²) in [5.41, 5.74) is -0.305. The SMILES string of the molecule is C[C@H]1C(=O)N2[C@@H](c3ccc4c(c3)OCO4)[C@](C#N)(CN3CCOCC3)CC2(S)C(=O)N1C. The van der Waals surface area contributed by atoms with Gasteiger partial charge < -0.3 is 24.0 Å². The Bertz CT molecular complexity index is 1010. The van der Waals surface area contributed by atoms with Crippen LogP contribution in [0, 0.1) is 16.7 Å². The molecule has 1 aromatic rings. The van der Waals surface area contributed by atoms with Crippen LogP contribution in [0.2, 0.25) is 0 Å². The first-order valence-electron chi connectivity index (χ1n) is 10.7. The van der Waals surface area contributed by atoms with E-state index in [0.29, 0.717) is 44.3 Å². The van der Waals surface area contributed by atoms with Crippen molar-refractivity contribution in [1.82, 2.24) is 14.7 Å². The second-order valence-electron chi connectivity index (χ2n) is 8.97. The van der Waals surface area contributed by atoms with Crippen LogP contribution in [0.1, 0.15) is 24.9 Å². The summed E-state index contributed by atoms with van der Waals surface area (Å²) in [6, 6.07) is 6.69. The van der Waals surface area contributed by atoms with Crippen LogP contribution >= 0.6 is 12.6 Å². The second kappa shape index (κ2) is 7.54. The van der Waals surface area contributed by atoms with E-state index in [1.54, 1.807) is 24.9 Å². The van der Waals surface area contributed by atoms with Crippen LogP contribution in [0.15, 0.2) is 18.2 Å². The predicted octanol–water partition coefficient (Wildman–Crippen LogP) is 1.02. The van der Waals surface area contributed by atoms with Crippen LogP contribution in [0.5, 0.6) is 11.5 Å². The molecule has 10 heteroatoms. The van der Waals surface area contributed by atoms with Crippen molar-refractivity contribution >= 4 is 24.4 Å². The first kappa shape index (κ1) is 21.4. The van der Waals surface area contributed by atoms with Crippen LogP contribution in [0.25, 0.3) is 0 Å². The summed E-state index contributed by atoms with van der Waals surface area (Å²) in [5.74, 6) is 0.703. The predicted molar refractivity (Wildman–Crippen MR) is 116 cm³/mol. The lowest BCUT2D eigenvalue weighted by Gasteiger charge is -2.46. The molecule has 32 heavy (non-hydrogen) atoms. The van der Waals surface area contributed by atoms with Crippen molar-refractivity contribution in [3.8, 4) is 17.6 Å². The standard InChI is InChI=1S/C22H26N4O5S/c1-14-19(27)26-18(15-3-4-16-17(9-15)31-13-30-16)21(11-23,12-25-5-7-29-8-6-25)10-22(26,32)20(28)24(14)2/h3-4,9,14,18,32H,5-8,10,12-13H2,1-2H3/t14-,18-,21+,22?/m0/s1. The van der Waals surface area contributed by atoms with Gasteiger partial charge in [-0.1, -0.05) is 6.07 Å². The minimum Gasteiger partial charge on any atom is -0.454 e. The molecule has 0 N–H and O–H groups in total. The number of thiol groups is 1. The molecule has 3 fully saturated rings. The van der Waals surface area contributed by atoms with E-state index < -0.39 is 22.4 Å². The smallest absolute Gasteiger partial charge is 0.259 e. The number of nitriles is 1. The number of hydrogen-bond acceptors (Lipinski definition) is 8. The number of carbonyl (C=O) groups excluding carboxylic acids is 2. The van der Waals surface area contributed by atoms with E-state index in [0.717, 1.165) is 5.56 Å². The molecule has 0 spiro atoms. The molecule has 5 rings (SSSR count). The number of hydrogen-bond donors (Lipinski definition) is 1. The zero-order valence-corrected chi connectivity index (χ0v) is 19.0. The molecule has 2 amide bonds. The van der Waals surface area contributed by atoms with Crippen molar-refractivity contribution in [1.29, 1.82) is 5.26 Å². The first-order valence-corrected chi connectivity index (χ1v) is 11.2. The molecule has 9 nitrogen and oxygen atoms in total. The lowest BCUT2D eigenvalue weighted by Crippen LogP contribution is -2.65. The van der Waals surface area contributed by atoms with Crippen LogP contribution in [0.3, 0.4) is 0 Å². The topological polar surface area (TPSA) is 95.3 Å². The van der Waals surface area contributed by atoms with Crippen molar-refractivity contribution in [3.05, 3.63) is 23.8 Å². The Morgan fingerprint density at radius 2 is 1.94 bits per heavy atom. The maximum Gasteiger partial charge on any atom is 0.259 e. The highest BCUT2D eigenvalue weighted by Gasteiger charge is 2.67. The minimum atomic E-state index is -1.40. The largest absolute Gasteiger partial charge is 0.454 e. The molecule has 4 heterocycles. The minimum absolute atomic E-state index is 0.125. The molecule has 4 aliphatic rings. The average molecular weight is 459 g/mol. The first-order chi connectivity index (χ1) is 15.3. The third kappa shape index (κ3) is 2.99. The van der Waals surface area contributed by atoms with Gasteiger partial charge in [0.15, 0.2) is 16.4 Å². The Morgan fingerprint density at radius 3 is 2.66 bits per heavy atom. The number of ether oxygens (including phenoxy) is 3. The summed E-state index contributed by atoms with van der Waals surface area (Å²) in [5, 5.41) is 10.6. The molecule has 0 aromatic heterocycles. The third-order valence-corrected chi connectivity index (χ3v) is 7.69. The Morgan fingerprint density at radius 1 is 1.22 bits per heavy atom. The van der Waals surface area contributed by atoms with Crippen LogP contribution in [-0.2, 0) is 14.3 Å². The summed E-state index contributed by atoms with van der Waals surface area (Å²) >= 11 is 4.80. The van der Waals surface area contributed by atoms with Gasteiger partial charge in [-0.15, -0.1) is 12.6 Å². The van der Waals surface area contributed by atoms with Crippen molar-refractivity contribution in [2.75, 3.05) is 46.7 Å². The molecule has 0 saturated carbocycles. The van der Waals surface area contributed by atoms with Crippen LogP contribution in [-0.4, -0.2) is 84.1 Å². The van der Waals surface area contributed by atoms with E-state index in [2.05, 4.69) is 11.0 Å². The van der Waals surface area contributed by atoms with E-state index >= 15 is 0 Å². The van der Waals surface area contributed by atoms with Gasteiger partial charge in [-0.2, -0.15) is 5.26 Å². The van der Waals surface area contributed by atoms with Crippen molar-refractivity contribution in [2.24, 2.45) is 5.41 Å².